The number of nitrogens with zero attached hydrogens (tertiary/aromatic N) is 5. The van der Waals surface area contributed by atoms with Crippen molar-refractivity contribution in [3.05, 3.63) is 41.6 Å². The highest BCUT2D eigenvalue weighted by Crippen LogP contribution is 2.30. The van der Waals surface area contributed by atoms with E-state index >= 15 is 0 Å². The van der Waals surface area contributed by atoms with Crippen LogP contribution in [-0.4, -0.2) is 44.1 Å². The zero-order chi connectivity index (χ0) is 17.6. The molecule has 0 spiro atoms. The molecular formula is C16H19N5O2S2. The molecule has 1 atom stereocenters. The molecular weight excluding hydrogens is 358 g/mol. The molecule has 1 aliphatic rings. The SMILES string of the molecule is Cc1ccc2nc(CSc3nnc(C4CCS(=O)(=O)C4)n3C)cn2c1. The molecule has 1 unspecified atom stereocenters. The van der Waals surface area contributed by atoms with Crippen LogP contribution in [0, 0.1) is 6.92 Å². The zero-order valence-electron chi connectivity index (χ0n) is 14.1. The topological polar surface area (TPSA) is 82.2 Å². The lowest BCUT2D eigenvalue weighted by Crippen LogP contribution is -2.09. The quantitative estimate of drug-likeness (QED) is 0.647. The molecule has 0 aromatic carbocycles. The molecule has 0 amide bonds. The van der Waals surface area contributed by atoms with E-state index in [2.05, 4.69) is 28.3 Å². The van der Waals surface area contributed by atoms with E-state index in [1.807, 2.05) is 34.3 Å². The predicted octanol–water partition coefficient (Wildman–Crippen LogP) is 1.97. The summed E-state index contributed by atoms with van der Waals surface area (Å²) in [6, 6.07) is 4.05. The molecule has 1 saturated heterocycles. The van der Waals surface area contributed by atoms with E-state index in [4.69, 9.17) is 0 Å². The molecule has 0 radical (unpaired) electrons. The standard InChI is InChI=1S/C16H19N5O2S2/c1-11-3-4-14-17-13(8-21(14)7-11)9-24-16-19-18-15(20(16)2)12-5-6-25(22,23)10-12/h3-4,7-8,12H,5-6,9-10H2,1-2H3. The number of imidazole rings is 1. The van der Waals surface area contributed by atoms with Crippen molar-refractivity contribution in [2.45, 2.75) is 30.2 Å². The highest BCUT2D eigenvalue weighted by molar-refractivity contribution is 7.98. The average Bonchev–Trinajstić information content (AvgIpc) is 3.22. The van der Waals surface area contributed by atoms with Crippen LogP contribution < -0.4 is 0 Å². The van der Waals surface area contributed by atoms with Gasteiger partial charge in [-0.25, -0.2) is 13.4 Å². The first kappa shape index (κ1) is 16.6. The predicted molar refractivity (Wildman–Crippen MR) is 96.5 cm³/mol. The maximum Gasteiger partial charge on any atom is 0.191 e. The maximum absolute atomic E-state index is 11.7. The van der Waals surface area contributed by atoms with Gasteiger partial charge in [0.05, 0.1) is 17.2 Å². The zero-order valence-corrected chi connectivity index (χ0v) is 15.7. The van der Waals surface area contributed by atoms with Crippen LogP contribution in [0.15, 0.2) is 29.7 Å². The summed E-state index contributed by atoms with van der Waals surface area (Å²) < 4.78 is 27.3. The van der Waals surface area contributed by atoms with Crippen molar-refractivity contribution in [1.82, 2.24) is 24.1 Å². The summed E-state index contributed by atoms with van der Waals surface area (Å²) in [5.74, 6) is 1.82. The van der Waals surface area contributed by atoms with Gasteiger partial charge in [0, 0.05) is 31.1 Å². The summed E-state index contributed by atoms with van der Waals surface area (Å²) in [5.41, 5.74) is 3.09. The Balaban J connectivity index is 1.49. The fourth-order valence-electron chi connectivity index (χ4n) is 3.17. The molecule has 0 aliphatic carbocycles. The van der Waals surface area contributed by atoms with Gasteiger partial charge in [-0.15, -0.1) is 10.2 Å². The van der Waals surface area contributed by atoms with Gasteiger partial charge in [-0.3, -0.25) is 0 Å². The molecule has 7 nitrogen and oxygen atoms in total. The Morgan fingerprint density at radius 1 is 1.28 bits per heavy atom. The first-order valence-electron chi connectivity index (χ1n) is 8.08. The largest absolute Gasteiger partial charge is 0.309 e. The Morgan fingerprint density at radius 2 is 2.12 bits per heavy atom. The van der Waals surface area contributed by atoms with Crippen molar-refractivity contribution in [1.29, 1.82) is 0 Å². The average molecular weight is 377 g/mol. The van der Waals surface area contributed by atoms with Crippen molar-refractivity contribution in [2.75, 3.05) is 11.5 Å². The fraction of sp³-hybridized carbons (Fsp3) is 0.438. The lowest BCUT2D eigenvalue weighted by atomic mass is 10.1. The summed E-state index contributed by atoms with van der Waals surface area (Å²) in [6.45, 7) is 2.05. The Bertz CT molecular complexity index is 1040. The highest BCUT2D eigenvalue weighted by atomic mass is 32.2. The van der Waals surface area contributed by atoms with Crippen LogP contribution in [0.2, 0.25) is 0 Å². The Kier molecular flexibility index (Phi) is 4.07. The summed E-state index contributed by atoms with van der Waals surface area (Å²) in [7, 11) is -1.03. The van der Waals surface area contributed by atoms with Crippen LogP contribution in [0.25, 0.3) is 5.65 Å². The van der Waals surface area contributed by atoms with E-state index in [9.17, 15) is 8.42 Å². The molecule has 1 fully saturated rings. The number of aryl methyl sites for hydroxylation is 1. The highest BCUT2D eigenvalue weighted by Gasteiger charge is 2.32. The van der Waals surface area contributed by atoms with Gasteiger partial charge in [0.15, 0.2) is 15.0 Å². The van der Waals surface area contributed by atoms with E-state index < -0.39 is 9.84 Å². The van der Waals surface area contributed by atoms with E-state index in [-0.39, 0.29) is 17.4 Å². The van der Waals surface area contributed by atoms with Crippen LogP contribution in [0.1, 0.15) is 29.4 Å². The third-order valence-corrected chi connectivity index (χ3v) is 7.29. The Hall–Kier alpha value is -1.87. The number of pyridine rings is 1. The first-order valence-corrected chi connectivity index (χ1v) is 10.9. The number of sulfone groups is 1. The molecule has 0 N–H and O–H groups in total. The van der Waals surface area contributed by atoms with Gasteiger partial charge < -0.3 is 8.97 Å². The van der Waals surface area contributed by atoms with Crippen molar-refractivity contribution < 1.29 is 8.42 Å². The van der Waals surface area contributed by atoms with Crippen molar-refractivity contribution in [3.8, 4) is 0 Å². The number of aromatic nitrogens is 5. The number of fused-ring (bicyclic) bond motifs is 1. The summed E-state index contributed by atoms with van der Waals surface area (Å²) in [5, 5.41) is 9.25. The van der Waals surface area contributed by atoms with Crippen LogP contribution in [0.5, 0.6) is 0 Å². The van der Waals surface area contributed by atoms with Crippen molar-refractivity contribution in [3.63, 3.8) is 0 Å². The second-order valence-corrected chi connectivity index (χ2v) is 9.66. The van der Waals surface area contributed by atoms with Crippen LogP contribution >= 0.6 is 11.8 Å². The number of thioether (sulfide) groups is 1. The number of rotatable bonds is 4. The van der Waals surface area contributed by atoms with E-state index in [1.165, 1.54) is 5.56 Å². The van der Waals surface area contributed by atoms with Gasteiger partial charge in [0.2, 0.25) is 0 Å². The van der Waals surface area contributed by atoms with Gasteiger partial charge in [-0.1, -0.05) is 17.8 Å². The minimum absolute atomic E-state index is 0.0463. The third kappa shape index (κ3) is 3.30. The minimum Gasteiger partial charge on any atom is -0.309 e. The molecule has 3 aromatic rings. The number of hydrogen-bond donors (Lipinski definition) is 0. The van der Waals surface area contributed by atoms with Crippen LogP contribution in [0.4, 0.5) is 0 Å². The van der Waals surface area contributed by atoms with Crippen LogP contribution in [-0.2, 0) is 22.6 Å². The minimum atomic E-state index is -2.93. The van der Waals surface area contributed by atoms with Gasteiger partial charge in [0.1, 0.15) is 11.5 Å². The Morgan fingerprint density at radius 3 is 2.88 bits per heavy atom. The van der Waals surface area contributed by atoms with Gasteiger partial charge in [-0.05, 0) is 25.0 Å². The van der Waals surface area contributed by atoms with Crippen molar-refractivity contribution in [2.24, 2.45) is 7.05 Å². The molecule has 132 valence electrons. The van der Waals surface area contributed by atoms with Gasteiger partial charge in [0.25, 0.3) is 0 Å². The third-order valence-electron chi connectivity index (χ3n) is 4.46. The molecule has 1 aliphatic heterocycles. The second-order valence-electron chi connectivity index (χ2n) is 6.49. The molecule has 25 heavy (non-hydrogen) atoms. The summed E-state index contributed by atoms with van der Waals surface area (Å²) in [4.78, 5) is 4.61. The second kappa shape index (κ2) is 6.14. The molecule has 9 heteroatoms. The van der Waals surface area contributed by atoms with E-state index in [0.717, 1.165) is 22.3 Å². The van der Waals surface area contributed by atoms with Crippen LogP contribution in [0.3, 0.4) is 0 Å². The summed E-state index contributed by atoms with van der Waals surface area (Å²) in [6.07, 6.45) is 4.71. The normalized spacial score (nSPS) is 19.7. The van der Waals surface area contributed by atoms with E-state index in [1.54, 1.807) is 11.8 Å². The molecule has 0 saturated carbocycles. The lowest BCUT2D eigenvalue weighted by molar-refractivity contribution is 0.599. The first-order chi connectivity index (χ1) is 11.9. The number of hydrogen-bond acceptors (Lipinski definition) is 6. The smallest absolute Gasteiger partial charge is 0.191 e. The van der Waals surface area contributed by atoms with E-state index in [0.29, 0.717) is 12.2 Å². The molecule has 0 bridgehead atoms. The molecule has 4 rings (SSSR count). The maximum atomic E-state index is 11.7. The Labute approximate surface area is 150 Å². The fourth-order valence-corrected chi connectivity index (χ4v) is 5.71. The van der Waals surface area contributed by atoms with Gasteiger partial charge >= 0.3 is 0 Å². The monoisotopic (exact) mass is 377 g/mol. The van der Waals surface area contributed by atoms with Crippen molar-refractivity contribution >= 4 is 27.2 Å². The molecule has 3 aromatic heterocycles. The summed E-state index contributed by atoms with van der Waals surface area (Å²) >= 11 is 1.56. The lowest BCUT2D eigenvalue weighted by Gasteiger charge is -2.07. The molecule has 4 heterocycles. The van der Waals surface area contributed by atoms with Gasteiger partial charge in [-0.2, -0.15) is 0 Å².